The fourth-order valence-electron chi connectivity index (χ4n) is 1.50. The van der Waals surface area contributed by atoms with Gasteiger partial charge in [-0.3, -0.25) is 0 Å². The van der Waals surface area contributed by atoms with Crippen molar-refractivity contribution in [2.75, 3.05) is 5.73 Å². The molecular formula is C12H10ClNPo. The molecular weight excluding hydrogens is 403 g/mol. The molecule has 0 atom stereocenters. The normalized spacial score (nSPS) is 10.2. The minimum absolute atomic E-state index is 0.814. The Balaban J connectivity index is 2.59. The number of hydrogen-bond acceptors (Lipinski definition) is 1. The first kappa shape index (κ1) is 10.9. The first-order chi connectivity index (χ1) is 7.33. The van der Waals surface area contributed by atoms with Crippen LogP contribution in [0.2, 0.25) is 0 Å². The Morgan fingerprint density at radius 1 is 0.867 bits per heavy atom. The van der Waals surface area contributed by atoms with Crippen LogP contribution in [0.3, 0.4) is 0 Å². The molecule has 0 bridgehead atoms. The average Bonchev–Trinajstić information content (AvgIpc) is 2.30. The summed E-state index contributed by atoms with van der Waals surface area (Å²) in [5.74, 6) is 0. The molecule has 0 saturated heterocycles. The molecule has 2 N–H and O–H groups in total. The number of rotatable bonds is 2. The number of nitrogens with two attached hydrogens (primary N) is 1. The molecule has 3 heteroatoms. The van der Waals surface area contributed by atoms with E-state index in [9.17, 15) is 0 Å². The average molecular weight is 413 g/mol. The van der Waals surface area contributed by atoms with Gasteiger partial charge in [-0.2, -0.15) is 0 Å². The van der Waals surface area contributed by atoms with Crippen LogP contribution in [-0.2, 0) is 0 Å². The molecule has 15 heavy (non-hydrogen) atoms. The molecule has 0 fully saturated rings. The van der Waals surface area contributed by atoms with Crippen LogP contribution in [0.4, 0.5) is 5.69 Å². The van der Waals surface area contributed by atoms with Crippen molar-refractivity contribution in [1.82, 2.24) is 0 Å². The number of halogens is 1. The van der Waals surface area contributed by atoms with Crippen LogP contribution in [0.25, 0.3) is 11.1 Å². The first-order valence-electron chi connectivity index (χ1n) is 4.55. The monoisotopic (exact) mass is 412 g/mol. The molecule has 2 rings (SSSR count). The van der Waals surface area contributed by atoms with Crippen LogP contribution in [0, 0.1) is 0 Å². The Hall–Kier alpha value is -0.574. The van der Waals surface area contributed by atoms with Gasteiger partial charge in [0, 0.05) is 0 Å². The third-order valence-electron chi connectivity index (χ3n) is 2.22. The molecule has 1 nitrogen and oxygen atoms in total. The summed E-state index contributed by atoms with van der Waals surface area (Å²) in [5, 5.41) is 0. The minimum atomic E-state index is -0.918. The molecule has 2 aromatic carbocycles. The SMILES string of the molecule is Nc1ccccc1-c1cccc[c]1[Po][Cl]. The molecule has 2 aromatic rings. The Morgan fingerprint density at radius 2 is 1.47 bits per heavy atom. The number of para-hydroxylation sites is 1. The third-order valence-corrected chi connectivity index (χ3v) is 5.71. The maximum atomic E-state index is 6.06. The van der Waals surface area contributed by atoms with Gasteiger partial charge in [0.25, 0.3) is 0 Å². The van der Waals surface area contributed by atoms with Crippen LogP contribution in [0.15, 0.2) is 48.5 Å². The van der Waals surface area contributed by atoms with Crippen molar-refractivity contribution in [2.24, 2.45) is 0 Å². The van der Waals surface area contributed by atoms with Gasteiger partial charge in [-0.05, 0) is 0 Å². The molecule has 0 unspecified atom stereocenters. The van der Waals surface area contributed by atoms with Crippen molar-refractivity contribution >= 4 is 39.7 Å². The maximum absolute atomic E-state index is 6.06. The Kier molecular flexibility index (Phi) is 3.62. The summed E-state index contributed by atoms with van der Waals surface area (Å²) in [6.07, 6.45) is 0. The fourth-order valence-corrected chi connectivity index (χ4v) is 4.20. The molecule has 0 amide bonds. The molecule has 0 aliphatic rings. The van der Waals surface area contributed by atoms with Crippen LogP contribution in [0.5, 0.6) is 0 Å². The van der Waals surface area contributed by atoms with E-state index >= 15 is 0 Å². The van der Waals surface area contributed by atoms with Gasteiger partial charge >= 0.3 is 105 Å². The van der Waals surface area contributed by atoms with Gasteiger partial charge in [0.1, 0.15) is 0 Å². The summed E-state index contributed by atoms with van der Waals surface area (Å²) >= 11 is -0.918. The molecule has 0 saturated carbocycles. The quantitative estimate of drug-likeness (QED) is 0.754. The summed E-state index contributed by atoms with van der Waals surface area (Å²) in [5.41, 5.74) is 9.05. The standard InChI is InChI=1S/C12H10N.ClH.Po/c13-12-9-5-4-8-11(12)10-6-2-1-3-7-10;;/h1-6,8-9H,13H2;1H;/q;;+1/p-1. The van der Waals surface area contributed by atoms with Crippen LogP contribution in [0.1, 0.15) is 0 Å². The molecule has 0 aromatic heterocycles. The molecule has 76 valence electrons. The van der Waals surface area contributed by atoms with Crippen molar-refractivity contribution in [3.05, 3.63) is 48.5 Å². The summed E-state index contributed by atoms with van der Waals surface area (Å²) in [7, 11) is 6.06. The van der Waals surface area contributed by atoms with E-state index in [-0.39, 0.29) is 0 Å². The van der Waals surface area contributed by atoms with E-state index < -0.39 is 22.4 Å². The second-order valence-electron chi connectivity index (χ2n) is 3.16. The van der Waals surface area contributed by atoms with E-state index in [2.05, 4.69) is 12.1 Å². The van der Waals surface area contributed by atoms with Gasteiger partial charge in [-0.1, -0.05) is 0 Å². The van der Waals surface area contributed by atoms with E-state index in [4.69, 9.17) is 14.2 Å². The van der Waals surface area contributed by atoms with Crippen molar-refractivity contribution < 1.29 is 0 Å². The number of anilines is 1. The van der Waals surface area contributed by atoms with Gasteiger partial charge in [0.15, 0.2) is 0 Å². The molecule has 0 aliphatic heterocycles. The van der Waals surface area contributed by atoms with Gasteiger partial charge in [-0.15, -0.1) is 0 Å². The molecule has 0 aliphatic carbocycles. The topological polar surface area (TPSA) is 26.0 Å². The zero-order valence-electron chi connectivity index (χ0n) is 7.98. The Bertz CT molecular complexity index is 471. The predicted molar refractivity (Wildman–Crippen MR) is 67.5 cm³/mol. The number of hydrogen-bond donors (Lipinski definition) is 1. The fraction of sp³-hybridized carbons (Fsp3) is 0. The second-order valence-corrected chi connectivity index (χ2v) is 6.82. The van der Waals surface area contributed by atoms with Crippen LogP contribution < -0.4 is 8.96 Å². The van der Waals surface area contributed by atoms with Crippen molar-refractivity contribution in [1.29, 1.82) is 0 Å². The molecule has 0 radical (unpaired) electrons. The summed E-state index contributed by atoms with van der Waals surface area (Å²) in [6, 6.07) is 16.1. The summed E-state index contributed by atoms with van der Waals surface area (Å²) in [4.78, 5) is 0. The second kappa shape index (κ2) is 4.97. The van der Waals surface area contributed by atoms with E-state index in [1.807, 2.05) is 36.4 Å². The van der Waals surface area contributed by atoms with Gasteiger partial charge in [0.2, 0.25) is 0 Å². The van der Waals surface area contributed by atoms with E-state index in [0.29, 0.717) is 0 Å². The van der Waals surface area contributed by atoms with Crippen molar-refractivity contribution in [2.45, 2.75) is 0 Å². The van der Waals surface area contributed by atoms with Gasteiger partial charge < -0.3 is 0 Å². The Labute approximate surface area is 105 Å². The third kappa shape index (κ3) is 2.33. The van der Waals surface area contributed by atoms with Crippen molar-refractivity contribution in [3.8, 4) is 11.1 Å². The Morgan fingerprint density at radius 3 is 2.13 bits per heavy atom. The first-order valence-corrected chi connectivity index (χ1v) is 10.0. The predicted octanol–water partition coefficient (Wildman–Crippen LogP) is 2.42. The van der Waals surface area contributed by atoms with Gasteiger partial charge in [-0.25, -0.2) is 0 Å². The zero-order valence-corrected chi connectivity index (χ0v) is 11.9. The van der Waals surface area contributed by atoms with E-state index in [0.717, 1.165) is 11.3 Å². The van der Waals surface area contributed by atoms with Crippen LogP contribution in [-0.4, -0.2) is 22.4 Å². The van der Waals surface area contributed by atoms with E-state index in [1.54, 1.807) is 0 Å². The van der Waals surface area contributed by atoms with Gasteiger partial charge in [0.05, 0.1) is 0 Å². The van der Waals surface area contributed by atoms with Crippen LogP contribution >= 0.6 is 8.45 Å². The summed E-state index contributed by atoms with van der Waals surface area (Å²) < 4.78 is 1.28. The summed E-state index contributed by atoms with van der Waals surface area (Å²) in [6.45, 7) is 0. The van der Waals surface area contributed by atoms with Crippen molar-refractivity contribution in [3.63, 3.8) is 0 Å². The number of benzene rings is 2. The molecule has 0 spiro atoms. The molecule has 0 heterocycles. The van der Waals surface area contributed by atoms with E-state index in [1.165, 1.54) is 8.79 Å². The zero-order chi connectivity index (χ0) is 10.7. The number of nitrogen functional groups attached to an aromatic ring is 1.